The fraction of sp³-hybridized carbons (Fsp3) is 0.400. The van der Waals surface area contributed by atoms with Crippen molar-refractivity contribution in [2.24, 2.45) is 0 Å². The third-order valence-corrected chi connectivity index (χ3v) is 3.72. The molecular formula is C15H20N4O4S. The van der Waals surface area contributed by atoms with Crippen LogP contribution in [0.1, 0.15) is 23.7 Å². The highest BCUT2D eigenvalue weighted by atomic mass is 32.2. The first kappa shape index (κ1) is 17.9. The van der Waals surface area contributed by atoms with Gasteiger partial charge in [0.1, 0.15) is 0 Å². The van der Waals surface area contributed by atoms with E-state index >= 15 is 0 Å². The molecule has 0 fully saturated rings. The number of carbonyl (C=O) groups is 1. The summed E-state index contributed by atoms with van der Waals surface area (Å²) in [7, 11) is -3.26. The molecule has 0 aliphatic carbocycles. The number of nitrogens with zero attached hydrogens (tertiary/aromatic N) is 2. The highest BCUT2D eigenvalue weighted by Crippen LogP contribution is 2.12. The number of anilines is 1. The van der Waals surface area contributed by atoms with Gasteiger partial charge in [-0.2, -0.15) is 4.98 Å². The second-order valence-corrected chi connectivity index (χ2v) is 7.18. The van der Waals surface area contributed by atoms with Crippen LogP contribution in [0.4, 0.5) is 5.69 Å². The van der Waals surface area contributed by atoms with Gasteiger partial charge in [0.25, 0.3) is 0 Å². The predicted octanol–water partition coefficient (Wildman–Crippen LogP) is 1.04. The Labute approximate surface area is 140 Å². The fourth-order valence-corrected chi connectivity index (χ4v) is 2.66. The normalized spacial score (nSPS) is 11.2. The number of rotatable bonds is 8. The van der Waals surface area contributed by atoms with Crippen LogP contribution < -0.4 is 10.0 Å². The van der Waals surface area contributed by atoms with Crippen molar-refractivity contribution < 1.29 is 17.7 Å². The van der Waals surface area contributed by atoms with Crippen molar-refractivity contribution in [2.75, 3.05) is 17.5 Å². The molecule has 2 rings (SSSR count). The maximum atomic E-state index is 11.7. The number of carbonyl (C=O) groups excluding carboxylic acids is 1. The minimum absolute atomic E-state index is 0.100. The Bertz CT molecular complexity index is 784. The van der Waals surface area contributed by atoms with E-state index in [1.54, 1.807) is 19.1 Å². The summed E-state index contributed by atoms with van der Waals surface area (Å²) in [5.74, 6) is 0.661. The van der Waals surface area contributed by atoms with E-state index in [2.05, 4.69) is 20.2 Å². The van der Waals surface area contributed by atoms with Crippen LogP contribution in [0.2, 0.25) is 0 Å². The van der Waals surface area contributed by atoms with Gasteiger partial charge in [-0.1, -0.05) is 17.3 Å². The molecule has 0 radical (unpaired) electrons. The number of hydrogen-bond acceptors (Lipinski definition) is 6. The lowest BCUT2D eigenvalue weighted by molar-refractivity contribution is -0.120. The summed E-state index contributed by atoms with van der Waals surface area (Å²) in [6.45, 7) is 2.21. The molecule has 0 bridgehead atoms. The molecule has 130 valence electrons. The zero-order valence-corrected chi connectivity index (χ0v) is 14.4. The summed E-state index contributed by atoms with van der Waals surface area (Å²) in [5, 5.41) is 6.47. The smallest absolute Gasteiger partial charge is 0.229 e. The van der Waals surface area contributed by atoms with Crippen LogP contribution in [-0.4, -0.2) is 37.3 Å². The van der Waals surface area contributed by atoms with E-state index in [-0.39, 0.29) is 12.3 Å². The Morgan fingerprint density at radius 1 is 1.25 bits per heavy atom. The number of nitrogens with one attached hydrogen (secondary N) is 2. The summed E-state index contributed by atoms with van der Waals surface area (Å²) in [5.41, 5.74) is 1.60. The van der Waals surface area contributed by atoms with Crippen LogP contribution >= 0.6 is 0 Å². The van der Waals surface area contributed by atoms with Gasteiger partial charge in [-0.05, 0) is 30.5 Å². The Balaban J connectivity index is 1.69. The van der Waals surface area contributed by atoms with Gasteiger partial charge in [0, 0.05) is 19.2 Å². The number of amides is 1. The van der Waals surface area contributed by atoms with E-state index in [0.717, 1.165) is 24.7 Å². The first-order valence-corrected chi connectivity index (χ1v) is 9.33. The van der Waals surface area contributed by atoms with Crippen LogP contribution in [0.5, 0.6) is 0 Å². The van der Waals surface area contributed by atoms with Crippen LogP contribution in [-0.2, 0) is 27.7 Å². The van der Waals surface area contributed by atoms with E-state index in [0.29, 0.717) is 23.9 Å². The van der Waals surface area contributed by atoms with Crippen molar-refractivity contribution in [1.82, 2.24) is 15.5 Å². The topological polar surface area (TPSA) is 114 Å². The second kappa shape index (κ2) is 7.91. The highest BCUT2D eigenvalue weighted by molar-refractivity contribution is 7.92. The average molecular weight is 352 g/mol. The fourth-order valence-electron chi connectivity index (χ4n) is 2.09. The van der Waals surface area contributed by atoms with Crippen molar-refractivity contribution in [3.8, 4) is 0 Å². The first-order valence-electron chi connectivity index (χ1n) is 7.44. The molecule has 2 N–H and O–H groups in total. The summed E-state index contributed by atoms with van der Waals surface area (Å²) < 4.78 is 29.5. The van der Waals surface area contributed by atoms with Gasteiger partial charge in [0.15, 0.2) is 5.82 Å². The molecule has 9 heteroatoms. The number of aryl methyl sites for hydroxylation is 2. The monoisotopic (exact) mass is 352 g/mol. The van der Waals surface area contributed by atoms with Gasteiger partial charge in [-0.3, -0.25) is 9.52 Å². The lowest BCUT2D eigenvalue weighted by Crippen LogP contribution is -2.26. The maximum Gasteiger partial charge on any atom is 0.229 e. The standard InChI is InChI=1S/C15H20N4O4S/c1-11-17-14(18-23-11)10-15(20)16-9-3-4-12-5-7-13(8-6-12)19-24(2,21)22/h5-8,19H,3-4,9-10H2,1-2H3,(H,16,20). The molecule has 2 aromatic rings. The SMILES string of the molecule is Cc1nc(CC(=O)NCCCc2ccc(NS(C)(=O)=O)cc2)no1. The van der Waals surface area contributed by atoms with Crippen molar-refractivity contribution in [1.29, 1.82) is 0 Å². The Morgan fingerprint density at radius 2 is 1.96 bits per heavy atom. The average Bonchev–Trinajstić information content (AvgIpc) is 2.89. The number of sulfonamides is 1. The van der Waals surface area contributed by atoms with Crippen molar-refractivity contribution in [3.05, 3.63) is 41.5 Å². The molecule has 1 heterocycles. The lowest BCUT2D eigenvalue weighted by atomic mass is 10.1. The molecule has 0 spiro atoms. The molecule has 0 saturated carbocycles. The largest absolute Gasteiger partial charge is 0.356 e. The predicted molar refractivity (Wildman–Crippen MR) is 89.0 cm³/mol. The molecule has 24 heavy (non-hydrogen) atoms. The molecule has 1 aromatic heterocycles. The van der Waals surface area contributed by atoms with E-state index in [1.807, 2.05) is 12.1 Å². The van der Waals surface area contributed by atoms with Gasteiger partial charge in [-0.25, -0.2) is 8.42 Å². The Hall–Kier alpha value is -2.42. The second-order valence-electron chi connectivity index (χ2n) is 5.43. The van der Waals surface area contributed by atoms with Crippen LogP contribution in [0.3, 0.4) is 0 Å². The molecule has 1 aromatic carbocycles. The highest BCUT2D eigenvalue weighted by Gasteiger charge is 2.08. The molecule has 0 saturated heterocycles. The van der Waals surface area contributed by atoms with Crippen molar-refractivity contribution in [2.45, 2.75) is 26.2 Å². The zero-order chi connectivity index (χ0) is 17.6. The van der Waals surface area contributed by atoms with Crippen molar-refractivity contribution in [3.63, 3.8) is 0 Å². The van der Waals surface area contributed by atoms with Gasteiger partial charge >= 0.3 is 0 Å². The maximum absolute atomic E-state index is 11.7. The Kier molecular flexibility index (Phi) is 5.91. The minimum Gasteiger partial charge on any atom is -0.356 e. The van der Waals surface area contributed by atoms with Gasteiger partial charge in [-0.15, -0.1) is 0 Å². The molecular weight excluding hydrogens is 332 g/mol. The van der Waals surface area contributed by atoms with Crippen molar-refractivity contribution >= 4 is 21.6 Å². The third-order valence-electron chi connectivity index (χ3n) is 3.11. The van der Waals surface area contributed by atoms with E-state index in [1.165, 1.54) is 0 Å². The lowest BCUT2D eigenvalue weighted by Gasteiger charge is -2.06. The molecule has 0 aliphatic heterocycles. The zero-order valence-electron chi connectivity index (χ0n) is 13.6. The number of benzene rings is 1. The summed E-state index contributed by atoms with van der Waals surface area (Å²) in [4.78, 5) is 15.7. The van der Waals surface area contributed by atoms with E-state index in [9.17, 15) is 13.2 Å². The van der Waals surface area contributed by atoms with Crippen LogP contribution in [0.15, 0.2) is 28.8 Å². The van der Waals surface area contributed by atoms with Gasteiger partial charge in [0.05, 0.1) is 12.7 Å². The number of hydrogen-bond donors (Lipinski definition) is 2. The summed E-state index contributed by atoms with van der Waals surface area (Å²) >= 11 is 0. The summed E-state index contributed by atoms with van der Waals surface area (Å²) in [6, 6.07) is 7.15. The third kappa shape index (κ3) is 6.37. The van der Waals surface area contributed by atoms with Crippen LogP contribution in [0, 0.1) is 6.92 Å². The van der Waals surface area contributed by atoms with Gasteiger partial charge in [0.2, 0.25) is 21.8 Å². The van der Waals surface area contributed by atoms with E-state index in [4.69, 9.17) is 4.52 Å². The number of aromatic nitrogens is 2. The molecule has 0 unspecified atom stereocenters. The molecule has 0 aliphatic rings. The molecule has 0 atom stereocenters. The molecule has 1 amide bonds. The summed E-state index contributed by atoms with van der Waals surface area (Å²) in [6.07, 6.45) is 2.76. The minimum atomic E-state index is -3.26. The first-order chi connectivity index (χ1) is 11.3. The van der Waals surface area contributed by atoms with Gasteiger partial charge < -0.3 is 9.84 Å². The quantitative estimate of drug-likeness (QED) is 0.686. The Morgan fingerprint density at radius 3 is 2.54 bits per heavy atom. The van der Waals surface area contributed by atoms with E-state index < -0.39 is 10.0 Å². The molecule has 8 nitrogen and oxygen atoms in total. The van der Waals surface area contributed by atoms with Crippen LogP contribution in [0.25, 0.3) is 0 Å².